The van der Waals surface area contributed by atoms with Crippen LogP contribution in [0.1, 0.15) is 53.0 Å². The Labute approximate surface area is 141 Å². The van der Waals surface area contributed by atoms with E-state index in [1.807, 2.05) is 58.9 Å². The van der Waals surface area contributed by atoms with E-state index >= 15 is 4.39 Å². The normalized spacial score (nSPS) is 21.0. The van der Waals surface area contributed by atoms with Crippen LogP contribution in [0.5, 0.6) is 0 Å². The summed E-state index contributed by atoms with van der Waals surface area (Å²) < 4.78 is 27.7. The lowest BCUT2D eigenvalue weighted by Gasteiger charge is -2.32. The van der Waals surface area contributed by atoms with Crippen molar-refractivity contribution in [3.05, 3.63) is 40.0 Å². The fourth-order valence-corrected chi connectivity index (χ4v) is 2.66. The Morgan fingerprint density at radius 3 is 2.05 bits per heavy atom. The molecule has 1 heterocycles. The Bertz CT molecular complexity index is 551. The third kappa shape index (κ3) is 3.47. The number of hydrogen-bond donors (Lipinski definition) is 0. The van der Waals surface area contributed by atoms with Gasteiger partial charge in [-0.05, 0) is 57.4 Å². The highest BCUT2D eigenvalue weighted by Crippen LogP contribution is 2.40. The molecule has 120 valence electrons. The second-order valence-electron chi connectivity index (χ2n) is 6.67. The van der Waals surface area contributed by atoms with E-state index < -0.39 is 18.3 Å². The Hall–Kier alpha value is -0.645. The molecule has 0 bridgehead atoms. The third-order valence-corrected chi connectivity index (χ3v) is 4.97. The van der Waals surface area contributed by atoms with Crippen LogP contribution in [0.2, 0.25) is 0 Å². The van der Waals surface area contributed by atoms with Gasteiger partial charge in [-0.25, -0.2) is 4.39 Å². The van der Waals surface area contributed by atoms with E-state index in [4.69, 9.17) is 9.31 Å². The molecule has 1 fully saturated rings. The minimum atomic E-state index is -0.935. The quantitative estimate of drug-likeness (QED) is 0.647. The zero-order valence-corrected chi connectivity index (χ0v) is 15.5. The van der Waals surface area contributed by atoms with Crippen LogP contribution >= 0.6 is 15.9 Å². The fraction of sp³-hybridized carbons (Fsp3) is 0.529. The summed E-state index contributed by atoms with van der Waals surface area (Å²) in [4.78, 5) is 0. The Morgan fingerprint density at radius 1 is 1.09 bits per heavy atom. The van der Waals surface area contributed by atoms with Crippen molar-refractivity contribution in [1.29, 1.82) is 0 Å². The van der Waals surface area contributed by atoms with Gasteiger partial charge in [-0.3, -0.25) is 0 Å². The first-order chi connectivity index (χ1) is 10.2. The van der Waals surface area contributed by atoms with Crippen molar-refractivity contribution in [1.82, 2.24) is 0 Å². The van der Waals surface area contributed by atoms with E-state index in [2.05, 4.69) is 15.9 Å². The van der Waals surface area contributed by atoms with Crippen LogP contribution in [0.25, 0.3) is 5.57 Å². The van der Waals surface area contributed by atoms with Crippen molar-refractivity contribution in [3.8, 4) is 0 Å². The van der Waals surface area contributed by atoms with Crippen LogP contribution in [0.15, 0.2) is 34.5 Å². The molecule has 0 unspecified atom stereocenters. The van der Waals surface area contributed by atoms with E-state index in [9.17, 15) is 0 Å². The summed E-state index contributed by atoms with van der Waals surface area (Å²) in [6.07, 6.45) is 1.51. The third-order valence-electron chi connectivity index (χ3n) is 4.44. The first-order valence-corrected chi connectivity index (χ1v) is 8.47. The summed E-state index contributed by atoms with van der Waals surface area (Å²) >= 11 is 3.41. The van der Waals surface area contributed by atoms with Gasteiger partial charge in [0.25, 0.3) is 0 Å². The summed E-state index contributed by atoms with van der Waals surface area (Å²) in [5.41, 5.74) is 0.145. The van der Waals surface area contributed by atoms with E-state index in [0.717, 1.165) is 16.5 Å². The van der Waals surface area contributed by atoms with Crippen LogP contribution < -0.4 is 0 Å². The highest BCUT2D eigenvalue weighted by molar-refractivity contribution is 9.10. The molecule has 22 heavy (non-hydrogen) atoms. The van der Waals surface area contributed by atoms with E-state index in [1.54, 1.807) is 0 Å². The molecule has 0 amide bonds. The van der Waals surface area contributed by atoms with Crippen LogP contribution in [-0.4, -0.2) is 18.3 Å². The minimum Gasteiger partial charge on any atom is -0.398 e. The Morgan fingerprint density at radius 2 is 1.59 bits per heavy atom. The molecule has 0 saturated carbocycles. The van der Waals surface area contributed by atoms with Crippen molar-refractivity contribution >= 4 is 28.6 Å². The first kappa shape index (κ1) is 17.7. The molecule has 1 saturated heterocycles. The molecule has 0 aliphatic carbocycles. The molecule has 2 nitrogen and oxygen atoms in total. The van der Waals surface area contributed by atoms with Gasteiger partial charge < -0.3 is 9.31 Å². The molecule has 0 radical (unpaired) electrons. The zero-order chi connectivity index (χ0) is 16.5. The average Bonchev–Trinajstić information content (AvgIpc) is 2.65. The van der Waals surface area contributed by atoms with Gasteiger partial charge in [0.2, 0.25) is 0 Å². The summed E-state index contributed by atoms with van der Waals surface area (Å²) in [6, 6.07) is 7.67. The van der Waals surface area contributed by atoms with Gasteiger partial charge in [0, 0.05) is 4.47 Å². The Balaban J connectivity index is 2.37. The summed E-state index contributed by atoms with van der Waals surface area (Å²) in [5, 5.41) is 0. The van der Waals surface area contributed by atoms with Gasteiger partial charge in [0.15, 0.2) is 0 Å². The second kappa shape index (κ2) is 6.46. The van der Waals surface area contributed by atoms with Crippen LogP contribution in [-0.2, 0) is 9.31 Å². The van der Waals surface area contributed by atoms with Crippen LogP contribution in [0.3, 0.4) is 0 Å². The standard InChI is InChI=1S/C17H23BBrFO2/c1-6-7-14(12-8-10-13(19)11-9-12)15(20)18-21-16(2,3)17(4,5)22-18/h8-11H,6-7H2,1-5H3. The smallest absolute Gasteiger partial charge is 0.398 e. The summed E-state index contributed by atoms with van der Waals surface area (Å²) in [7, 11) is -0.935. The summed E-state index contributed by atoms with van der Waals surface area (Å²) in [5.74, 6) is 0. The molecule has 0 aromatic heterocycles. The molecule has 1 aliphatic rings. The lowest BCUT2D eigenvalue weighted by atomic mass is 9.81. The van der Waals surface area contributed by atoms with E-state index in [-0.39, 0.29) is 5.73 Å². The van der Waals surface area contributed by atoms with Crippen molar-refractivity contribution < 1.29 is 13.7 Å². The average molecular weight is 369 g/mol. The number of allylic oxidation sites excluding steroid dienone is 1. The number of halogens is 2. The molecule has 1 aromatic carbocycles. The maximum Gasteiger partial charge on any atom is 0.525 e. The van der Waals surface area contributed by atoms with Crippen molar-refractivity contribution in [3.63, 3.8) is 0 Å². The largest absolute Gasteiger partial charge is 0.525 e. The highest BCUT2D eigenvalue weighted by Gasteiger charge is 2.53. The summed E-state index contributed by atoms with van der Waals surface area (Å²) in [6.45, 7) is 9.76. The van der Waals surface area contributed by atoms with Crippen LogP contribution in [0, 0.1) is 0 Å². The minimum absolute atomic E-state index is 0.317. The van der Waals surface area contributed by atoms with Gasteiger partial charge in [-0.15, -0.1) is 0 Å². The van der Waals surface area contributed by atoms with Crippen molar-refractivity contribution in [2.24, 2.45) is 0 Å². The predicted octanol–water partition coefficient (Wildman–Crippen LogP) is 5.56. The highest BCUT2D eigenvalue weighted by atomic mass is 79.9. The van der Waals surface area contributed by atoms with E-state index in [1.165, 1.54) is 0 Å². The van der Waals surface area contributed by atoms with Gasteiger partial charge in [0.05, 0.1) is 11.2 Å². The molecule has 0 N–H and O–H groups in total. The maximum absolute atomic E-state index is 15.1. The Kier molecular flexibility index (Phi) is 5.20. The van der Waals surface area contributed by atoms with Crippen molar-refractivity contribution in [2.45, 2.75) is 58.7 Å². The lowest BCUT2D eigenvalue weighted by molar-refractivity contribution is 0.00578. The topological polar surface area (TPSA) is 18.5 Å². The molecule has 1 aliphatic heterocycles. The lowest BCUT2D eigenvalue weighted by Crippen LogP contribution is -2.41. The fourth-order valence-electron chi connectivity index (χ4n) is 2.39. The second-order valence-corrected chi connectivity index (χ2v) is 7.59. The zero-order valence-electron chi connectivity index (χ0n) is 13.9. The number of rotatable bonds is 4. The number of benzene rings is 1. The molecule has 0 atom stereocenters. The molecule has 2 rings (SSSR count). The SMILES string of the molecule is CCCC(=C(F)B1OC(C)(C)C(C)(C)O1)c1ccc(Br)cc1. The first-order valence-electron chi connectivity index (χ1n) is 7.68. The van der Waals surface area contributed by atoms with Gasteiger partial charge >= 0.3 is 7.12 Å². The molecule has 1 aromatic rings. The molecular formula is C17H23BBrFO2. The molecule has 0 spiro atoms. The maximum atomic E-state index is 15.1. The predicted molar refractivity (Wildman–Crippen MR) is 93.2 cm³/mol. The van der Waals surface area contributed by atoms with Gasteiger partial charge in [-0.1, -0.05) is 41.4 Å². The van der Waals surface area contributed by atoms with Gasteiger partial charge in [-0.2, -0.15) is 0 Å². The molecule has 5 heteroatoms. The van der Waals surface area contributed by atoms with E-state index in [0.29, 0.717) is 12.0 Å². The van der Waals surface area contributed by atoms with Crippen molar-refractivity contribution in [2.75, 3.05) is 0 Å². The van der Waals surface area contributed by atoms with Gasteiger partial charge in [0.1, 0.15) is 5.73 Å². The number of hydrogen-bond acceptors (Lipinski definition) is 2. The van der Waals surface area contributed by atoms with Crippen LogP contribution in [0.4, 0.5) is 4.39 Å². The molecular weight excluding hydrogens is 346 g/mol. The monoisotopic (exact) mass is 368 g/mol.